The topological polar surface area (TPSA) is 86.8 Å². The molecule has 2 amide bonds. The van der Waals surface area contributed by atoms with Gasteiger partial charge in [0.2, 0.25) is 21.8 Å². The van der Waals surface area contributed by atoms with Gasteiger partial charge < -0.3 is 10.2 Å². The van der Waals surface area contributed by atoms with Crippen LogP contribution in [0, 0.1) is 5.82 Å². The van der Waals surface area contributed by atoms with Gasteiger partial charge in [-0.3, -0.25) is 9.59 Å². The van der Waals surface area contributed by atoms with Crippen LogP contribution in [0.5, 0.6) is 0 Å². The number of halogens is 1. The van der Waals surface area contributed by atoms with Crippen molar-refractivity contribution in [2.75, 3.05) is 26.4 Å². The van der Waals surface area contributed by atoms with Gasteiger partial charge in [-0.1, -0.05) is 48.5 Å². The van der Waals surface area contributed by atoms with Crippen molar-refractivity contribution in [3.05, 3.63) is 84.2 Å². The average molecular weight is 448 g/mol. The van der Waals surface area contributed by atoms with Gasteiger partial charge in [0.25, 0.3) is 0 Å². The van der Waals surface area contributed by atoms with E-state index in [4.69, 9.17) is 0 Å². The first-order chi connectivity index (χ1) is 14.6. The zero-order valence-electron chi connectivity index (χ0n) is 17.5. The van der Waals surface area contributed by atoms with Crippen LogP contribution in [0.1, 0.15) is 17.2 Å². The molecule has 2 rings (SSSR count). The second kappa shape index (κ2) is 10.8. The van der Waals surface area contributed by atoms with Crippen molar-refractivity contribution >= 4 is 21.8 Å². The number of nitrogens with one attached hydrogen (secondary N) is 1. The molecule has 31 heavy (non-hydrogen) atoms. The Hall–Kier alpha value is -3.04. The van der Waals surface area contributed by atoms with Crippen LogP contribution in [0.25, 0.3) is 0 Å². The molecule has 7 nitrogen and oxygen atoms in total. The number of carbonyl (C=O) groups excluding carboxylic acids is 2. The normalized spacial score (nSPS) is 12.3. The smallest absolute Gasteiger partial charge is 0.247 e. The summed E-state index contributed by atoms with van der Waals surface area (Å²) >= 11 is 0. The van der Waals surface area contributed by atoms with E-state index in [1.807, 2.05) is 0 Å². The second-order valence-corrected chi connectivity index (χ2v) is 9.10. The highest BCUT2D eigenvalue weighted by Gasteiger charge is 2.32. The third kappa shape index (κ3) is 7.01. The first-order valence-electron chi connectivity index (χ1n) is 9.52. The quantitative estimate of drug-likeness (QED) is 0.565. The molecule has 1 atom stereocenters. The van der Waals surface area contributed by atoms with Gasteiger partial charge in [0.15, 0.2) is 0 Å². The maximum Gasteiger partial charge on any atom is 0.247 e. The van der Waals surface area contributed by atoms with Crippen LogP contribution in [-0.2, 0) is 26.2 Å². The first kappa shape index (κ1) is 24.2. The number of sulfonamides is 1. The van der Waals surface area contributed by atoms with Gasteiger partial charge in [-0.25, -0.2) is 12.8 Å². The molecule has 0 aliphatic rings. The first-order valence-corrected chi connectivity index (χ1v) is 11.4. The van der Waals surface area contributed by atoms with E-state index in [1.165, 1.54) is 42.3 Å². The highest BCUT2D eigenvalue weighted by molar-refractivity contribution is 7.88. The standard InChI is InChI=1S/C22H26FN3O4S/c1-4-14-24-22(28)21(18-8-6-5-7-9-18)26(15-17-10-12-19(23)13-11-17)20(27)16-25(2)31(3,29)30/h4-13,21H,1,14-16H2,2-3H3,(H,24,28). The molecule has 166 valence electrons. The van der Waals surface area contributed by atoms with Crippen molar-refractivity contribution in [3.63, 3.8) is 0 Å². The van der Waals surface area contributed by atoms with Crippen molar-refractivity contribution in [1.29, 1.82) is 0 Å². The Balaban J connectivity index is 2.48. The molecule has 0 radical (unpaired) electrons. The SMILES string of the molecule is C=CCNC(=O)C(c1ccccc1)N(Cc1ccc(F)cc1)C(=O)CN(C)S(C)(=O)=O. The molecule has 0 saturated heterocycles. The van der Waals surface area contributed by atoms with Crippen molar-refractivity contribution < 1.29 is 22.4 Å². The Morgan fingerprint density at radius 3 is 2.29 bits per heavy atom. The largest absolute Gasteiger partial charge is 0.351 e. The number of amides is 2. The molecule has 0 heterocycles. The van der Waals surface area contributed by atoms with Gasteiger partial charge >= 0.3 is 0 Å². The van der Waals surface area contributed by atoms with Gasteiger partial charge in [0.05, 0.1) is 12.8 Å². The van der Waals surface area contributed by atoms with E-state index in [1.54, 1.807) is 30.3 Å². The molecule has 0 aliphatic heterocycles. The van der Waals surface area contributed by atoms with Crippen molar-refractivity contribution in [3.8, 4) is 0 Å². The molecule has 2 aromatic rings. The molecule has 2 aromatic carbocycles. The van der Waals surface area contributed by atoms with Gasteiger partial charge in [-0.05, 0) is 23.3 Å². The Morgan fingerprint density at radius 2 is 1.74 bits per heavy atom. The maximum atomic E-state index is 13.3. The van der Waals surface area contributed by atoms with Gasteiger partial charge in [-0.15, -0.1) is 6.58 Å². The van der Waals surface area contributed by atoms with Crippen LogP contribution in [0.2, 0.25) is 0 Å². The van der Waals surface area contributed by atoms with Crippen LogP contribution in [0.3, 0.4) is 0 Å². The molecule has 9 heteroatoms. The van der Waals surface area contributed by atoms with E-state index in [9.17, 15) is 22.4 Å². The molecular weight excluding hydrogens is 421 g/mol. The maximum absolute atomic E-state index is 13.3. The van der Waals surface area contributed by atoms with Crippen molar-refractivity contribution in [1.82, 2.24) is 14.5 Å². The minimum absolute atomic E-state index is 0.0161. The number of hydrogen-bond donors (Lipinski definition) is 1. The van der Waals surface area contributed by atoms with Gasteiger partial charge in [0, 0.05) is 20.1 Å². The molecule has 0 fully saturated rings. The lowest BCUT2D eigenvalue weighted by molar-refractivity contribution is -0.141. The van der Waals surface area contributed by atoms with Crippen LogP contribution in [-0.4, -0.2) is 55.8 Å². The zero-order chi connectivity index (χ0) is 23.0. The van der Waals surface area contributed by atoms with Crippen LogP contribution in [0.4, 0.5) is 4.39 Å². The molecule has 0 spiro atoms. The summed E-state index contributed by atoms with van der Waals surface area (Å²) < 4.78 is 37.9. The summed E-state index contributed by atoms with van der Waals surface area (Å²) in [7, 11) is -2.32. The molecule has 0 bridgehead atoms. The third-order valence-corrected chi connectivity index (χ3v) is 5.87. The lowest BCUT2D eigenvalue weighted by Gasteiger charge is -2.32. The van der Waals surface area contributed by atoms with Crippen molar-refractivity contribution in [2.24, 2.45) is 0 Å². The fraction of sp³-hybridized carbons (Fsp3) is 0.273. The fourth-order valence-electron chi connectivity index (χ4n) is 2.89. The molecule has 0 aromatic heterocycles. The lowest BCUT2D eigenvalue weighted by Crippen LogP contribution is -2.47. The number of rotatable bonds is 10. The van der Waals surface area contributed by atoms with E-state index < -0.39 is 40.2 Å². The molecular formula is C22H26FN3O4S. The van der Waals surface area contributed by atoms with Crippen molar-refractivity contribution in [2.45, 2.75) is 12.6 Å². The molecule has 1 N–H and O–H groups in total. The molecule has 1 unspecified atom stereocenters. The summed E-state index contributed by atoms with van der Waals surface area (Å²) in [5, 5.41) is 2.70. The van der Waals surface area contributed by atoms with E-state index >= 15 is 0 Å². The van der Waals surface area contributed by atoms with E-state index in [0.717, 1.165) is 10.6 Å². The monoisotopic (exact) mass is 447 g/mol. The number of likely N-dealkylation sites (N-methyl/N-ethyl adjacent to an activating group) is 1. The molecule has 0 saturated carbocycles. The van der Waals surface area contributed by atoms with Crippen LogP contribution >= 0.6 is 0 Å². The summed E-state index contributed by atoms with van der Waals surface area (Å²) in [4.78, 5) is 27.5. The Bertz CT molecular complexity index is 1010. The summed E-state index contributed by atoms with van der Waals surface area (Å²) in [5.74, 6) is -1.44. The number of carbonyl (C=O) groups is 2. The second-order valence-electron chi connectivity index (χ2n) is 7.01. The third-order valence-electron chi connectivity index (χ3n) is 4.61. The van der Waals surface area contributed by atoms with E-state index in [-0.39, 0.29) is 13.1 Å². The predicted molar refractivity (Wildman–Crippen MR) is 117 cm³/mol. The van der Waals surface area contributed by atoms with Gasteiger partial charge in [0.1, 0.15) is 11.9 Å². The Labute approximate surface area is 182 Å². The van der Waals surface area contributed by atoms with E-state index in [0.29, 0.717) is 11.1 Å². The van der Waals surface area contributed by atoms with Crippen LogP contribution < -0.4 is 5.32 Å². The van der Waals surface area contributed by atoms with Crippen LogP contribution in [0.15, 0.2) is 67.3 Å². The summed E-state index contributed by atoms with van der Waals surface area (Å²) in [6.07, 6.45) is 2.51. The molecule has 0 aliphatic carbocycles. The predicted octanol–water partition coefficient (Wildman–Crippen LogP) is 2.09. The minimum Gasteiger partial charge on any atom is -0.351 e. The summed E-state index contributed by atoms with van der Waals surface area (Å²) in [6.45, 7) is 3.32. The lowest BCUT2D eigenvalue weighted by atomic mass is 10.0. The highest BCUT2D eigenvalue weighted by atomic mass is 32.2. The minimum atomic E-state index is -3.61. The van der Waals surface area contributed by atoms with E-state index in [2.05, 4.69) is 11.9 Å². The van der Waals surface area contributed by atoms with Gasteiger partial charge in [-0.2, -0.15) is 4.31 Å². The number of hydrogen-bond acceptors (Lipinski definition) is 4. The zero-order valence-corrected chi connectivity index (χ0v) is 18.3. The fourth-order valence-corrected chi connectivity index (χ4v) is 3.23. The highest BCUT2D eigenvalue weighted by Crippen LogP contribution is 2.24. The Morgan fingerprint density at radius 1 is 1.13 bits per heavy atom. The summed E-state index contributed by atoms with van der Waals surface area (Å²) in [5.41, 5.74) is 1.15. The number of nitrogens with zero attached hydrogens (tertiary/aromatic N) is 2. The summed E-state index contributed by atoms with van der Waals surface area (Å²) in [6, 6.07) is 13.2. The average Bonchev–Trinajstić information content (AvgIpc) is 2.73. The number of benzene rings is 2. The Kier molecular flexibility index (Phi) is 8.47.